The molecule has 0 saturated carbocycles. The van der Waals surface area contributed by atoms with Crippen molar-refractivity contribution in [1.82, 2.24) is 14.8 Å². The molecule has 0 fully saturated rings. The van der Waals surface area contributed by atoms with Gasteiger partial charge in [-0.25, -0.2) is 9.78 Å². The zero-order valence-corrected chi connectivity index (χ0v) is 10.6. The number of hydrogen-bond acceptors (Lipinski definition) is 4. The average molecular weight is 261 g/mol. The smallest absolute Gasteiger partial charge is 0.354 e. The summed E-state index contributed by atoms with van der Waals surface area (Å²) in [6.45, 7) is 3.14. The van der Waals surface area contributed by atoms with Crippen LogP contribution < -0.4 is 4.74 Å². The highest BCUT2D eigenvalue weighted by Crippen LogP contribution is 2.11. The lowest BCUT2D eigenvalue weighted by Crippen LogP contribution is -2.04. The van der Waals surface area contributed by atoms with Gasteiger partial charge in [0, 0.05) is 6.54 Å². The third-order valence-corrected chi connectivity index (χ3v) is 2.47. The average Bonchev–Trinajstić information content (AvgIpc) is 2.85. The first kappa shape index (κ1) is 13.1. The minimum Gasteiger partial charge on any atom is -0.484 e. The second-order valence-electron chi connectivity index (χ2n) is 4.05. The molecule has 2 rings (SSSR count). The fourth-order valence-electron chi connectivity index (χ4n) is 1.61. The SMILES string of the molecule is CCCn1cc(OCc2cccc(C(=O)O)n2)cn1. The topological polar surface area (TPSA) is 77.2 Å². The van der Waals surface area contributed by atoms with Gasteiger partial charge in [-0.1, -0.05) is 13.0 Å². The Balaban J connectivity index is 1.97. The van der Waals surface area contributed by atoms with Crippen LogP contribution in [-0.2, 0) is 13.2 Å². The first-order chi connectivity index (χ1) is 9.19. The molecule has 2 heterocycles. The van der Waals surface area contributed by atoms with Crippen LogP contribution in [0.2, 0.25) is 0 Å². The second kappa shape index (κ2) is 5.99. The van der Waals surface area contributed by atoms with E-state index in [-0.39, 0.29) is 12.3 Å². The van der Waals surface area contributed by atoms with Crippen molar-refractivity contribution >= 4 is 5.97 Å². The van der Waals surface area contributed by atoms with Crippen LogP contribution in [0.4, 0.5) is 0 Å². The number of rotatable bonds is 6. The molecule has 0 unspecified atom stereocenters. The third-order valence-electron chi connectivity index (χ3n) is 2.47. The van der Waals surface area contributed by atoms with Crippen molar-refractivity contribution in [3.05, 3.63) is 42.0 Å². The van der Waals surface area contributed by atoms with Crippen molar-refractivity contribution in [3.63, 3.8) is 0 Å². The monoisotopic (exact) mass is 261 g/mol. The quantitative estimate of drug-likeness (QED) is 0.860. The summed E-state index contributed by atoms with van der Waals surface area (Å²) in [4.78, 5) is 14.8. The van der Waals surface area contributed by atoms with Crippen LogP contribution in [0, 0.1) is 0 Å². The number of carboxylic acids is 1. The van der Waals surface area contributed by atoms with Gasteiger partial charge >= 0.3 is 5.97 Å². The Bertz CT molecular complexity index is 566. The fourth-order valence-corrected chi connectivity index (χ4v) is 1.61. The summed E-state index contributed by atoms with van der Waals surface area (Å²) >= 11 is 0. The summed E-state index contributed by atoms with van der Waals surface area (Å²) in [7, 11) is 0. The van der Waals surface area contributed by atoms with Gasteiger partial charge in [-0.3, -0.25) is 4.68 Å². The van der Waals surface area contributed by atoms with Crippen LogP contribution in [0.1, 0.15) is 29.5 Å². The van der Waals surface area contributed by atoms with Gasteiger partial charge in [0.05, 0.1) is 18.1 Å². The lowest BCUT2D eigenvalue weighted by Gasteiger charge is -2.03. The predicted molar refractivity (Wildman–Crippen MR) is 68.0 cm³/mol. The molecule has 0 amide bonds. The number of nitrogens with zero attached hydrogens (tertiary/aromatic N) is 3. The number of carbonyl (C=O) groups is 1. The van der Waals surface area contributed by atoms with Crippen LogP contribution >= 0.6 is 0 Å². The van der Waals surface area contributed by atoms with Crippen LogP contribution in [0.3, 0.4) is 0 Å². The Labute approximate surface area is 110 Å². The molecular weight excluding hydrogens is 246 g/mol. The summed E-state index contributed by atoms with van der Waals surface area (Å²) in [5.74, 6) is -0.395. The number of carboxylic acid groups (broad SMARTS) is 1. The lowest BCUT2D eigenvalue weighted by molar-refractivity contribution is 0.0690. The Kier molecular flexibility index (Phi) is 4.12. The largest absolute Gasteiger partial charge is 0.484 e. The van der Waals surface area contributed by atoms with Crippen LogP contribution in [0.5, 0.6) is 5.75 Å². The number of pyridine rings is 1. The number of hydrogen-bond donors (Lipinski definition) is 1. The van der Waals surface area contributed by atoms with E-state index in [9.17, 15) is 4.79 Å². The molecule has 6 heteroatoms. The molecule has 2 aromatic heterocycles. The predicted octanol–water partition coefficient (Wildman–Crippen LogP) is 1.97. The van der Waals surface area contributed by atoms with Crippen LogP contribution in [-0.4, -0.2) is 25.8 Å². The van der Waals surface area contributed by atoms with Gasteiger partial charge in [-0.2, -0.15) is 5.10 Å². The minimum atomic E-state index is -1.04. The summed E-state index contributed by atoms with van der Waals surface area (Å²) in [6.07, 6.45) is 4.45. The maximum atomic E-state index is 10.8. The van der Waals surface area contributed by atoms with Crippen molar-refractivity contribution in [2.24, 2.45) is 0 Å². The Hall–Kier alpha value is -2.37. The molecule has 0 spiro atoms. The van der Waals surface area contributed by atoms with E-state index in [2.05, 4.69) is 17.0 Å². The highest BCUT2D eigenvalue weighted by molar-refractivity contribution is 5.85. The van der Waals surface area contributed by atoms with Crippen LogP contribution in [0.15, 0.2) is 30.6 Å². The summed E-state index contributed by atoms with van der Waals surface area (Å²) in [6, 6.07) is 4.82. The van der Waals surface area contributed by atoms with Gasteiger partial charge in [0.25, 0.3) is 0 Å². The van der Waals surface area contributed by atoms with Crippen LogP contribution in [0.25, 0.3) is 0 Å². The van der Waals surface area contributed by atoms with Crippen molar-refractivity contribution in [2.75, 3.05) is 0 Å². The molecule has 0 saturated heterocycles. The second-order valence-corrected chi connectivity index (χ2v) is 4.05. The summed E-state index contributed by atoms with van der Waals surface area (Å²) < 4.78 is 7.32. The number of aromatic carboxylic acids is 1. The first-order valence-corrected chi connectivity index (χ1v) is 6.03. The van der Waals surface area contributed by atoms with E-state index in [1.807, 2.05) is 6.20 Å². The molecule has 0 aliphatic carbocycles. The van der Waals surface area contributed by atoms with E-state index in [1.54, 1.807) is 23.0 Å². The molecular formula is C13H15N3O3. The molecule has 1 N–H and O–H groups in total. The van der Waals surface area contributed by atoms with E-state index in [1.165, 1.54) is 6.07 Å². The molecule has 2 aromatic rings. The lowest BCUT2D eigenvalue weighted by atomic mass is 10.3. The minimum absolute atomic E-state index is 0.0165. The van der Waals surface area contributed by atoms with Crippen molar-refractivity contribution in [1.29, 1.82) is 0 Å². The van der Waals surface area contributed by atoms with E-state index < -0.39 is 5.97 Å². The normalized spacial score (nSPS) is 10.4. The zero-order valence-electron chi connectivity index (χ0n) is 10.6. The number of aromatic nitrogens is 3. The first-order valence-electron chi connectivity index (χ1n) is 6.03. The molecule has 0 bridgehead atoms. The van der Waals surface area contributed by atoms with Gasteiger partial charge in [0.1, 0.15) is 12.3 Å². The van der Waals surface area contributed by atoms with Gasteiger partial charge in [-0.15, -0.1) is 0 Å². The number of aryl methyl sites for hydroxylation is 1. The van der Waals surface area contributed by atoms with Crippen molar-refractivity contribution in [3.8, 4) is 5.75 Å². The maximum absolute atomic E-state index is 10.8. The number of ether oxygens (including phenoxy) is 1. The maximum Gasteiger partial charge on any atom is 0.354 e. The Morgan fingerprint density at radius 3 is 3.05 bits per heavy atom. The van der Waals surface area contributed by atoms with Gasteiger partial charge in [-0.05, 0) is 18.6 Å². The Morgan fingerprint density at radius 1 is 1.47 bits per heavy atom. The summed E-state index contributed by atoms with van der Waals surface area (Å²) in [5.41, 5.74) is 0.589. The molecule has 0 radical (unpaired) electrons. The van der Waals surface area contributed by atoms with Crippen molar-refractivity contribution < 1.29 is 14.6 Å². The standard InChI is InChI=1S/C13H15N3O3/c1-2-6-16-8-11(7-14-16)19-9-10-4-3-5-12(15-10)13(17)18/h3-5,7-8H,2,6,9H2,1H3,(H,17,18). The third kappa shape index (κ3) is 3.54. The van der Waals surface area contributed by atoms with E-state index in [4.69, 9.17) is 9.84 Å². The molecule has 0 aliphatic heterocycles. The van der Waals surface area contributed by atoms with E-state index >= 15 is 0 Å². The highest BCUT2D eigenvalue weighted by atomic mass is 16.5. The highest BCUT2D eigenvalue weighted by Gasteiger charge is 2.06. The molecule has 0 atom stereocenters. The van der Waals surface area contributed by atoms with E-state index in [0.29, 0.717) is 11.4 Å². The summed E-state index contributed by atoms with van der Waals surface area (Å²) in [5, 5.41) is 13.0. The van der Waals surface area contributed by atoms with Gasteiger partial charge in [0.15, 0.2) is 5.75 Å². The molecule has 0 aliphatic rings. The van der Waals surface area contributed by atoms with Crippen molar-refractivity contribution in [2.45, 2.75) is 26.5 Å². The zero-order chi connectivity index (χ0) is 13.7. The van der Waals surface area contributed by atoms with Gasteiger partial charge < -0.3 is 9.84 Å². The molecule has 6 nitrogen and oxygen atoms in total. The molecule has 100 valence electrons. The molecule has 19 heavy (non-hydrogen) atoms. The Morgan fingerprint density at radius 2 is 2.32 bits per heavy atom. The van der Waals surface area contributed by atoms with Gasteiger partial charge in [0.2, 0.25) is 0 Å². The molecule has 0 aromatic carbocycles. The fraction of sp³-hybridized carbons (Fsp3) is 0.308. The van der Waals surface area contributed by atoms with E-state index in [0.717, 1.165) is 13.0 Å².